The number of rotatable bonds is 6. The number of hydrogen-bond acceptors (Lipinski definition) is 3. The molecule has 7 heteroatoms. The summed E-state index contributed by atoms with van der Waals surface area (Å²) < 4.78 is 45.1. The van der Waals surface area contributed by atoms with Crippen LogP contribution in [0, 0.1) is 12.5 Å². The van der Waals surface area contributed by atoms with Crippen molar-refractivity contribution in [3.63, 3.8) is 0 Å². The topological polar surface area (TPSA) is 32.0 Å². The Hall–Kier alpha value is -0.340. The second-order valence-electron chi connectivity index (χ2n) is 5.39. The van der Waals surface area contributed by atoms with Gasteiger partial charge in [0.15, 0.2) is 8.38 Å². The summed E-state index contributed by atoms with van der Waals surface area (Å²) >= 11 is 0. The summed E-state index contributed by atoms with van der Waals surface area (Å²) in [6.45, 7) is 12.5. The van der Waals surface area contributed by atoms with Gasteiger partial charge in [-0.2, -0.15) is 0 Å². The fourth-order valence-corrected chi connectivity index (χ4v) is 4.33. The molecule has 1 heterocycles. The molecule has 1 saturated carbocycles. The second-order valence-corrected chi connectivity index (χ2v) is 6.73. The first-order chi connectivity index (χ1) is 9.36. The fourth-order valence-electron chi connectivity index (χ4n) is 3.28. The van der Waals surface area contributed by atoms with Crippen molar-refractivity contribution in [3.05, 3.63) is 11.4 Å². The average Bonchev–Trinajstić information content (AvgIpc) is 2.73. The lowest BCUT2D eigenvalue weighted by Crippen LogP contribution is -2.40. The van der Waals surface area contributed by atoms with Crippen molar-refractivity contribution in [1.29, 1.82) is 0 Å². The smallest absolute Gasteiger partial charge is 0.258 e. The van der Waals surface area contributed by atoms with Crippen LogP contribution < -0.4 is 0 Å². The van der Waals surface area contributed by atoms with Crippen LogP contribution in [0.25, 0.3) is 4.85 Å². The molecule has 20 heavy (non-hydrogen) atoms. The molecular formula is C13H20F2NO3P. The molecule has 2 bridgehead atoms. The van der Waals surface area contributed by atoms with Crippen molar-refractivity contribution in [2.45, 2.75) is 50.4 Å². The summed E-state index contributed by atoms with van der Waals surface area (Å²) in [5, 5.41) is 0. The number of ether oxygens (including phenoxy) is 1. The first-order valence-electron chi connectivity index (χ1n) is 6.78. The second kappa shape index (κ2) is 5.81. The number of hydrogen-bond donors (Lipinski definition) is 0. The van der Waals surface area contributed by atoms with Gasteiger partial charge in [0.25, 0.3) is 5.92 Å². The van der Waals surface area contributed by atoms with Crippen molar-refractivity contribution in [3.8, 4) is 0 Å². The molecule has 5 atom stereocenters. The number of halogens is 2. The SMILES string of the molecule is [C-]#[N+]CCOP(C)O[C@@H]1[C@H]2[C@H](C)O[C@]1(CC)CC2(F)F. The highest BCUT2D eigenvalue weighted by Crippen LogP contribution is 2.61. The Labute approximate surface area is 119 Å². The summed E-state index contributed by atoms with van der Waals surface area (Å²) in [5.74, 6) is -3.65. The highest BCUT2D eigenvalue weighted by atomic mass is 31.2. The van der Waals surface area contributed by atoms with E-state index >= 15 is 0 Å². The van der Waals surface area contributed by atoms with Crippen LogP contribution in [0.5, 0.6) is 0 Å². The van der Waals surface area contributed by atoms with Crippen LogP contribution >= 0.6 is 8.38 Å². The molecule has 1 saturated heterocycles. The minimum absolute atomic E-state index is 0.256. The van der Waals surface area contributed by atoms with E-state index in [1.807, 2.05) is 6.92 Å². The van der Waals surface area contributed by atoms with Gasteiger partial charge in [-0.3, -0.25) is 0 Å². The van der Waals surface area contributed by atoms with E-state index in [1.165, 1.54) is 0 Å². The van der Waals surface area contributed by atoms with Crippen LogP contribution in [0.2, 0.25) is 0 Å². The molecule has 0 N–H and O–H groups in total. The summed E-state index contributed by atoms with van der Waals surface area (Å²) in [5.41, 5.74) is -0.896. The van der Waals surface area contributed by atoms with Gasteiger partial charge in [-0.15, -0.1) is 0 Å². The quantitative estimate of drug-likeness (QED) is 0.428. The van der Waals surface area contributed by atoms with Crippen LogP contribution in [-0.4, -0.2) is 43.5 Å². The third kappa shape index (κ3) is 2.69. The Bertz CT molecular complexity index is 404. The van der Waals surface area contributed by atoms with E-state index in [0.717, 1.165) is 0 Å². The van der Waals surface area contributed by atoms with Gasteiger partial charge in [0.2, 0.25) is 6.54 Å². The van der Waals surface area contributed by atoms with Gasteiger partial charge in [0.1, 0.15) is 18.3 Å². The van der Waals surface area contributed by atoms with Crippen molar-refractivity contribution < 1.29 is 22.6 Å². The zero-order chi connectivity index (χ0) is 15.0. The monoisotopic (exact) mass is 307 g/mol. The Balaban J connectivity index is 2.05. The first kappa shape index (κ1) is 16.0. The Morgan fingerprint density at radius 3 is 2.75 bits per heavy atom. The number of alkyl halides is 2. The predicted octanol–water partition coefficient (Wildman–Crippen LogP) is 3.47. The minimum atomic E-state index is -2.75. The van der Waals surface area contributed by atoms with Crippen LogP contribution in [0.4, 0.5) is 8.78 Å². The molecule has 4 nitrogen and oxygen atoms in total. The third-order valence-corrected chi connectivity index (χ3v) is 5.20. The van der Waals surface area contributed by atoms with Gasteiger partial charge in [0, 0.05) is 13.1 Å². The molecule has 0 aromatic rings. The van der Waals surface area contributed by atoms with E-state index in [4.69, 9.17) is 20.4 Å². The Morgan fingerprint density at radius 2 is 2.20 bits per heavy atom. The molecule has 2 fully saturated rings. The van der Waals surface area contributed by atoms with Gasteiger partial charge >= 0.3 is 0 Å². The molecule has 2 aliphatic rings. The largest absolute Gasteiger partial charge is 0.368 e. The zero-order valence-electron chi connectivity index (χ0n) is 11.9. The zero-order valence-corrected chi connectivity index (χ0v) is 12.8. The summed E-state index contributed by atoms with van der Waals surface area (Å²) in [7, 11) is -1.27. The number of nitrogens with zero attached hydrogens (tertiary/aromatic N) is 1. The molecule has 1 unspecified atom stereocenters. The third-order valence-electron chi connectivity index (χ3n) is 4.13. The highest BCUT2D eigenvalue weighted by molar-refractivity contribution is 7.46. The van der Waals surface area contributed by atoms with Crippen LogP contribution in [0.1, 0.15) is 26.7 Å². The molecule has 0 aromatic heterocycles. The van der Waals surface area contributed by atoms with E-state index in [2.05, 4.69) is 4.85 Å². The van der Waals surface area contributed by atoms with Gasteiger partial charge in [-0.05, 0) is 13.3 Å². The molecule has 0 radical (unpaired) electrons. The molecule has 1 aliphatic carbocycles. The molecular weight excluding hydrogens is 287 g/mol. The minimum Gasteiger partial charge on any atom is -0.368 e. The van der Waals surface area contributed by atoms with Crippen molar-refractivity contribution in [2.75, 3.05) is 19.8 Å². The Kier molecular flexibility index (Phi) is 4.66. The molecule has 0 aromatic carbocycles. The van der Waals surface area contributed by atoms with Crippen LogP contribution in [0.15, 0.2) is 0 Å². The van der Waals surface area contributed by atoms with Gasteiger partial charge < -0.3 is 18.6 Å². The lowest BCUT2D eigenvalue weighted by atomic mass is 9.96. The molecule has 0 amide bonds. The lowest BCUT2D eigenvalue weighted by Gasteiger charge is -2.33. The van der Waals surface area contributed by atoms with E-state index in [9.17, 15) is 8.78 Å². The standard InChI is InChI=1S/C13H20F2NO3P/c1-5-12-8-13(14,15)10(9(2)18-12)11(12)19-20(4)17-7-6-16-3/h9-11H,5-8H2,1-2,4H3/t9-,10+,11+,12+,20?/m0/s1. The van der Waals surface area contributed by atoms with Crippen molar-refractivity contribution >= 4 is 8.38 Å². The molecule has 2 rings (SSSR count). The predicted molar refractivity (Wildman–Crippen MR) is 71.8 cm³/mol. The van der Waals surface area contributed by atoms with Crippen molar-refractivity contribution in [1.82, 2.24) is 0 Å². The van der Waals surface area contributed by atoms with Crippen LogP contribution in [-0.2, 0) is 13.8 Å². The van der Waals surface area contributed by atoms with E-state index in [1.54, 1.807) is 13.6 Å². The lowest BCUT2D eigenvalue weighted by molar-refractivity contribution is -0.165. The van der Waals surface area contributed by atoms with Crippen molar-refractivity contribution in [2.24, 2.45) is 5.92 Å². The first-order valence-corrected chi connectivity index (χ1v) is 8.41. The molecule has 114 valence electrons. The van der Waals surface area contributed by atoms with Crippen LogP contribution in [0.3, 0.4) is 0 Å². The van der Waals surface area contributed by atoms with Gasteiger partial charge in [-0.25, -0.2) is 15.4 Å². The molecule has 0 spiro atoms. The summed E-state index contributed by atoms with van der Waals surface area (Å²) in [4.78, 5) is 3.18. The highest BCUT2D eigenvalue weighted by Gasteiger charge is 2.71. The molecule has 1 aliphatic heterocycles. The maximum Gasteiger partial charge on any atom is 0.258 e. The average molecular weight is 307 g/mol. The summed E-state index contributed by atoms with van der Waals surface area (Å²) in [6.07, 6.45) is -0.905. The maximum atomic E-state index is 14.1. The summed E-state index contributed by atoms with van der Waals surface area (Å²) in [6, 6.07) is 0. The Morgan fingerprint density at radius 1 is 1.50 bits per heavy atom. The van der Waals surface area contributed by atoms with E-state index in [0.29, 0.717) is 6.42 Å². The van der Waals surface area contributed by atoms with E-state index < -0.39 is 38.0 Å². The maximum absolute atomic E-state index is 14.1. The van der Waals surface area contributed by atoms with E-state index in [-0.39, 0.29) is 19.6 Å². The fraction of sp³-hybridized carbons (Fsp3) is 0.923. The van der Waals surface area contributed by atoms with Gasteiger partial charge in [-0.1, -0.05) is 6.92 Å². The van der Waals surface area contributed by atoms with Gasteiger partial charge in [0.05, 0.1) is 12.0 Å². The normalized spacial score (nSPS) is 39.7. The number of fused-ring (bicyclic) bond motifs is 2.